The third-order valence-corrected chi connectivity index (χ3v) is 2.30. The minimum atomic E-state index is -5.12. The molecule has 0 bridgehead atoms. The van der Waals surface area contributed by atoms with Gasteiger partial charge in [0.2, 0.25) is 0 Å². The number of esters is 1. The molecular formula is C12H12F5NO4. The highest BCUT2D eigenvalue weighted by atomic mass is 19.4. The molecule has 0 aromatic carbocycles. The fraction of sp³-hybridized carbons (Fsp3) is 0.500. The normalized spacial score (nSPS) is 11.5. The Morgan fingerprint density at radius 3 is 2.45 bits per heavy atom. The molecule has 0 aliphatic rings. The van der Waals surface area contributed by atoms with Crippen molar-refractivity contribution in [1.82, 2.24) is 4.98 Å². The van der Waals surface area contributed by atoms with Gasteiger partial charge in [0.05, 0.1) is 25.8 Å². The highest BCUT2D eigenvalue weighted by molar-refractivity contribution is 5.73. The minimum absolute atomic E-state index is 0.0155. The molecular weight excluding hydrogens is 317 g/mol. The molecule has 0 N–H and O–H groups in total. The van der Waals surface area contributed by atoms with Crippen LogP contribution in [0.4, 0.5) is 22.0 Å². The van der Waals surface area contributed by atoms with E-state index in [9.17, 15) is 26.7 Å². The number of hydrogen-bond donors (Lipinski definition) is 0. The summed E-state index contributed by atoms with van der Waals surface area (Å²) in [5, 5.41) is 0. The Balaban J connectivity index is 3.30. The maximum absolute atomic E-state index is 12.7. The molecule has 5 nitrogen and oxygen atoms in total. The number of hydrogen-bond acceptors (Lipinski definition) is 5. The molecule has 0 radical (unpaired) electrons. The van der Waals surface area contributed by atoms with Crippen molar-refractivity contribution < 1.29 is 41.0 Å². The molecule has 0 atom stereocenters. The largest absolute Gasteiger partial charge is 0.573 e. The van der Waals surface area contributed by atoms with Crippen LogP contribution in [-0.2, 0) is 16.0 Å². The van der Waals surface area contributed by atoms with Crippen LogP contribution in [0, 0.1) is 0 Å². The third kappa shape index (κ3) is 5.01. The summed E-state index contributed by atoms with van der Waals surface area (Å²) in [5.74, 6) is -2.41. The van der Waals surface area contributed by atoms with Crippen molar-refractivity contribution in [2.45, 2.75) is 26.1 Å². The zero-order valence-corrected chi connectivity index (χ0v) is 11.5. The van der Waals surface area contributed by atoms with Crippen LogP contribution in [-0.4, -0.2) is 31.0 Å². The Hall–Kier alpha value is -2.13. The van der Waals surface area contributed by atoms with Crippen molar-refractivity contribution in [3.05, 3.63) is 17.5 Å². The zero-order chi connectivity index (χ0) is 16.9. The van der Waals surface area contributed by atoms with E-state index in [1.165, 1.54) is 6.92 Å². The van der Waals surface area contributed by atoms with Gasteiger partial charge in [0.15, 0.2) is 11.5 Å². The van der Waals surface area contributed by atoms with E-state index in [1.54, 1.807) is 0 Å². The van der Waals surface area contributed by atoms with Gasteiger partial charge in [-0.25, -0.2) is 13.8 Å². The number of carbonyl (C=O) groups is 1. The summed E-state index contributed by atoms with van der Waals surface area (Å²) in [6, 6.07) is 0.408. The van der Waals surface area contributed by atoms with Crippen LogP contribution in [0.3, 0.4) is 0 Å². The van der Waals surface area contributed by atoms with Crippen LogP contribution in [0.1, 0.15) is 24.7 Å². The highest BCUT2D eigenvalue weighted by Gasteiger charge is 2.34. The van der Waals surface area contributed by atoms with E-state index in [-0.39, 0.29) is 6.61 Å². The van der Waals surface area contributed by atoms with Gasteiger partial charge in [0, 0.05) is 6.07 Å². The number of methoxy groups -OCH3 is 1. The Morgan fingerprint density at radius 2 is 2.00 bits per heavy atom. The third-order valence-electron chi connectivity index (χ3n) is 2.30. The van der Waals surface area contributed by atoms with Gasteiger partial charge in [-0.3, -0.25) is 4.79 Å². The molecule has 10 heteroatoms. The van der Waals surface area contributed by atoms with Crippen LogP contribution < -0.4 is 9.47 Å². The average molecular weight is 329 g/mol. The van der Waals surface area contributed by atoms with Gasteiger partial charge >= 0.3 is 12.3 Å². The SMILES string of the molecule is CCOC(=O)Cc1nc(C(F)F)cc(OC(F)(F)F)c1OC. The Morgan fingerprint density at radius 1 is 1.36 bits per heavy atom. The van der Waals surface area contributed by atoms with Crippen molar-refractivity contribution in [2.24, 2.45) is 0 Å². The number of nitrogens with zero attached hydrogens (tertiary/aromatic N) is 1. The van der Waals surface area contributed by atoms with Gasteiger partial charge in [0.1, 0.15) is 5.69 Å². The van der Waals surface area contributed by atoms with Crippen molar-refractivity contribution in [2.75, 3.05) is 13.7 Å². The number of ether oxygens (including phenoxy) is 3. The van der Waals surface area contributed by atoms with E-state index in [1.807, 2.05) is 0 Å². The molecule has 0 unspecified atom stereocenters. The van der Waals surface area contributed by atoms with Gasteiger partial charge in [-0.1, -0.05) is 0 Å². The maximum atomic E-state index is 12.7. The summed E-state index contributed by atoms with van der Waals surface area (Å²) in [7, 11) is 0.997. The molecule has 0 amide bonds. The first-order valence-electron chi connectivity index (χ1n) is 5.95. The lowest BCUT2D eigenvalue weighted by Crippen LogP contribution is -2.19. The van der Waals surface area contributed by atoms with Crippen LogP contribution >= 0.6 is 0 Å². The van der Waals surface area contributed by atoms with Gasteiger partial charge in [-0.2, -0.15) is 0 Å². The molecule has 0 saturated carbocycles. The maximum Gasteiger partial charge on any atom is 0.573 e. The van der Waals surface area contributed by atoms with Crippen molar-refractivity contribution in [3.63, 3.8) is 0 Å². The van der Waals surface area contributed by atoms with Gasteiger partial charge in [-0.15, -0.1) is 13.2 Å². The molecule has 0 spiro atoms. The quantitative estimate of drug-likeness (QED) is 0.593. The van der Waals surface area contributed by atoms with Gasteiger partial charge < -0.3 is 14.2 Å². The molecule has 1 aromatic rings. The molecule has 1 aromatic heterocycles. The van der Waals surface area contributed by atoms with E-state index in [0.717, 1.165) is 7.11 Å². The van der Waals surface area contributed by atoms with Crippen molar-refractivity contribution >= 4 is 5.97 Å². The topological polar surface area (TPSA) is 57.7 Å². The average Bonchev–Trinajstić information content (AvgIpc) is 2.36. The van der Waals surface area contributed by atoms with E-state index in [2.05, 4.69) is 14.5 Å². The molecule has 0 aliphatic heterocycles. The first kappa shape index (κ1) is 17.9. The lowest BCUT2D eigenvalue weighted by Gasteiger charge is -2.16. The first-order valence-corrected chi connectivity index (χ1v) is 5.95. The van der Waals surface area contributed by atoms with Crippen LogP contribution in [0.5, 0.6) is 11.5 Å². The Labute approximate surface area is 122 Å². The highest BCUT2D eigenvalue weighted by Crippen LogP contribution is 2.37. The second kappa shape index (κ2) is 7.23. The van der Waals surface area contributed by atoms with Gasteiger partial charge in [-0.05, 0) is 6.92 Å². The Bertz CT molecular complexity index is 533. The van der Waals surface area contributed by atoms with Gasteiger partial charge in [0.25, 0.3) is 6.43 Å². The zero-order valence-electron chi connectivity index (χ0n) is 11.5. The fourth-order valence-electron chi connectivity index (χ4n) is 1.58. The van der Waals surface area contributed by atoms with E-state index >= 15 is 0 Å². The first-order chi connectivity index (χ1) is 10.2. The molecule has 0 fully saturated rings. The number of carbonyl (C=O) groups excluding carboxylic acids is 1. The lowest BCUT2D eigenvalue weighted by atomic mass is 10.2. The summed E-state index contributed by atoms with van der Waals surface area (Å²) in [5.41, 5.74) is -1.41. The molecule has 22 heavy (non-hydrogen) atoms. The molecule has 0 aliphatic carbocycles. The molecule has 0 saturated heterocycles. The second-order valence-corrected chi connectivity index (χ2v) is 3.86. The van der Waals surface area contributed by atoms with E-state index in [0.29, 0.717) is 6.07 Å². The second-order valence-electron chi connectivity index (χ2n) is 3.86. The Kier molecular flexibility index (Phi) is 5.89. The van der Waals surface area contributed by atoms with E-state index in [4.69, 9.17) is 4.74 Å². The van der Waals surface area contributed by atoms with E-state index < -0.39 is 48.1 Å². The monoisotopic (exact) mass is 329 g/mol. The van der Waals surface area contributed by atoms with Crippen molar-refractivity contribution in [3.8, 4) is 11.5 Å². The van der Waals surface area contributed by atoms with Crippen LogP contribution in [0.2, 0.25) is 0 Å². The number of rotatable bonds is 6. The smallest absolute Gasteiger partial charge is 0.491 e. The number of pyridine rings is 1. The van der Waals surface area contributed by atoms with Crippen LogP contribution in [0.25, 0.3) is 0 Å². The van der Waals surface area contributed by atoms with Crippen molar-refractivity contribution in [1.29, 1.82) is 0 Å². The number of aromatic nitrogens is 1. The number of alkyl halides is 5. The van der Waals surface area contributed by atoms with Crippen LogP contribution in [0.15, 0.2) is 6.07 Å². The predicted octanol–water partition coefficient (Wildman–Crippen LogP) is 3.03. The molecule has 124 valence electrons. The lowest BCUT2D eigenvalue weighted by molar-refractivity contribution is -0.275. The summed E-state index contributed by atoms with van der Waals surface area (Å²) in [6.07, 6.45) is -8.90. The number of halogens is 5. The summed E-state index contributed by atoms with van der Waals surface area (Å²) < 4.78 is 75.4. The fourth-order valence-corrected chi connectivity index (χ4v) is 1.58. The molecule has 1 heterocycles. The predicted molar refractivity (Wildman–Crippen MR) is 62.8 cm³/mol. The summed E-state index contributed by atoms with van der Waals surface area (Å²) in [4.78, 5) is 14.8. The summed E-state index contributed by atoms with van der Waals surface area (Å²) >= 11 is 0. The minimum Gasteiger partial charge on any atom is -0.491 e. The summed E-state index contributed by atoms with van der Waals surface area (Å²) in [6.45, 7) is 1.53. The molecule has 1 rings (SSSR count). The standard InChI is InChI=1S/C12H12F5NO4/c1-3-21-9(19)5-6-10(20-2)8(22-12(15,16)17)4-7(18-6)11(13)14/h4,11H,3,5H2,1-2H3.